The number of phenolic OH excluding ortho intramolecular Hbond substituents is 2. The molecule has 2 aromatic heterocycles. The van der Waals surface area contributed by atoms with Crippen molar-refractivity contribution in [1.82, 2.24) is 9.38 Å². The number of benzene rings is 2. The summed E-state index contributed by atoms with van der Waals surface area (Å²) in [6, 6.07) is 14.9. The van der Waals surface area contributed by atoms with Crippen LogP contribution in [-0.2, 0) is 0 Å². The molecule has 0 atom stereocenters. The average Bonchev–Trinajstić information content (AvgIpc) is 2.96. The Balaban J connectivity index is 2.08. The molecule has 0 aliphatic heterocycles. The van der Waals surface area contributed by atoms with Crippen LogP contribution < -0.4 is 0 Å². The van der Waals surface area contributed by atoms with E-state index in [1.54, 1.807) is 28.8 Å². The molecule has 0 radical (unpaired) electrons. The number of pyridine rings is 1. The van der Waals surface area contributed by atoms with E-state index in [0.717, 1.165) is 5.56 Å². The lowest BCUT2D eigenvalue weighted by atomic mass is 10.1. The molecule has 0 spiro atoms. The van der Waals surface area contributed by atoms with Crippen LogP contribution in [0.3, 0.4) is 0 Å². The zero-order chi connectivity index (χ0) is 17.6. The fourth-order valence-corrected chi connectivity index (χ4v) is 2.99. The van der Waals surface area contributed by atoms with Gasteiger partial charge in [-0.05, 0) is 43.3 Å². The van der Waals surface area contributed by atoms with Crippen LogP contribution in [0.2, 0.25) is 0 Å². The average molecular weight is 334 g/mol. The number of halogens is 1. The highest BCUT2D eigenvalue weighted by molar-refractivity contribution is 5.85. The lowest BCUT2D eigenvalue weighted by Gasteiger charge is -2.04. The molecule has 0 amide bonds. The summed E-state index contributed by atoms with van der Waals surface area (Å²) >= 11 is 0. The van der Waals surface area contributed by atoms with Gasteiger partial charge in [0.1, 0.15) is 23.0 Å². The molecule has 0 aliphatic rings. The van der Waals surface area contributed by atoms with Crippen molar-refractivity contribution in [3.05, 3.63) is 72.2 Å². The second-order valence-corrected chi connectivity index (χ2v) is 5.89. The minimum absolute atomic E-state index is 0.0297. The number of imidazole rings is 1. The van der Waals surface area contributed by atoms with Crippen LogP contribution in [0, 0.1) is 12.7 Å². The normalized spacial score (nSPS) is 11.1. The fourth-order valence-electron chi connectivity index (χ4n) is 2.99. The highest BCUT2D eigenvalue weighted by atomic mass is 19.1. The van der Waals surface area contributed by atoms with E-state index in [1.165, 1.54) is 18.2 Å². The van der Waals surface area contributed by atoms with Gasteiger partial charge in [-0.3, -0.25) is 4.40 Å². The van der Waals surface area contributed by atoms with Gasteiger partial charge in [0, 0.05) is 11.8 Å². The molecule has 4 nitrogen and oxygen atoms in total. The summed E-state index contributed by atoms with van der Waals surface area (Å²) in [5.41, 5.74) is 2.80. The Morgan fingerprint density at radius 1 is 0.960 bits per heavy atom. The first-order chi connectivity index (χ1) is 12.1. The van der Waals surface area contributed by atoms with Gasteiger partial charge in [0.15, 0.2) is 5.82 Å². The largest absolute Gasteiger partial charge is 0.507 e. The van der Waals surface area contributed by atoms with Crippen LogP contribution in [0.15, 0.2) is 60.8 Å². The lowest BCUT2D eigenvalue weighted by molar-refractivity contribution is 0.471. The van der Waals surface area contributed by atoms with Crippen molar-refractivity contribution < 1.29 is 14.6 Å². The van der Waals surface area contributed by atoms with Crippen molar-refractivity contribution >= 4 is 5.52 Å². The number of phenols is 2. The van der Waals surface area contributed by atoms with Crippen molar-refractivity contribution in [3.63, 3.8) is 0 Å². The quantitative estimate of drug-likeness (QED) is 0.566. The number of hydrogen-bond donors (Lipinski definition) is 2. The van der Waals surface area contributed by atoms with Gasteiger partial charge in [-0.25, -0.2) is 9.37 Å². The van der Waals surface area contributed by atoms with Gasteiger partial charge in [0.25, 0.3) is 0 Å². The summed E-state index contributed by atoms with van der Waals surface area (Å²) in [5, 5.41) is 20.4. The second-order valence-electron chi connectivity index (χ2n) is 5.89. The number of aryl methyl sites for hydroxylation is 1. The van der Waals surface area contributed by atoms with E-state index in [1.807, 2.05) is 25.1 Å². The van der Waals surface area contributed by atoms with Crippen molar-refractivity contribution in [2.75, 3.05) is 0 Å². The van der Waals surface area contributed by atoms with Crippen LogP contribution >= 0.6 is 0 Å². The molecule has 25 heavy (non-hydrogen) atoms. The predicted molar refractivity (Wildman–Crippen MR) is 94.1 cm³/mol. The highest BCUT2D eigenvalue weighted by Crippen LogP contribution is 2.38. The van der Waals surface area contributed by atoms with Gasteiger partial charge in [-0.15, -0.1) is 0 Å². The maximum Gasteiger partial charge on any atom is 0.152 e. The van der Waals surface area contributed by atoms with Crippen LogP contribution in [0.5, 0.6) is 11.5 Å². The van der Waals surface area contributed by atoms with Crippen molar-refractivity contribution in [2.45, 2.75) is 6.92 Å². The van der Waals surface area contributed by atoms with Crippen molar-refractivity contribution in [3.8, 4) is 34.1 Å². The van der Waals surface area contributed by atoms with Crippen molar-refractivity contribution in [1.29, 1.82) is 0 Å². The minimum Gasteiger partial charge on any atom is -0.507 e. The van der Waals surface area contributed by atoms with Gasteiger partial charge in [0.05, 0.1) is 11.1 Å². The molecule has 0 aliphatic carbocycles. The Hall–Kier alpha value is -3.34. The summed E-state index contributed by atoms with van der Waals surface area (Å²) in [4.78, 5) is 4.56. The van der Waals surface area contributed by atoms with Gasteiger partial charge in [-0.1, -0.05) is 23.8 Å². The molecule has 0 bridgehead atoms. The number of hydrogen-bond acceptors (Lipinski definition) is 3. The number of rotatable bonds is 2. The summed E-state index contributed by atoms with van der Waals surface area (Å²) in [6.07, 6.45) is 1.75. The summed E-state index contributed by atoms with van der Waals surface area (Å²) in [6.45, 7) is 1.92. The van der Waals surface area contributed by atoms with E-state index in [4.69, 9.17) is 0 Å². The summed E-state index contributed by atoms with van der Waals surface area (Å²) in [7, 11) is 0. The summed E-state index contributed by atoms with van der Waals surface area (Å²) < 4.78 is 16.1. The third-order valence-electron chi connectivity index (χ3n) is 4.17. The smallest absolute Gasteiger partial charge is 0.152 e. The molecule has 2 N–H and O–H groups in total. The van der Waals surface area contributed by atoms with Gasteiger partial charge in [0.2, 0.25) is 0 Å². The van der Waals surface area contributed by atoms with Gasteiger partial charge >= 0.3 is 0 Å². The first kappa shape index (κ1) is 15.2. The molecular weight excluding hydrogens is 319 g/mol. The molecule has 0 saturated carbocycles. The molecule has 0 unspecified atom stereocenters. The molecule has 4 rings (SSSR count). The Kier molecular flexibility index (Phi) is 3.42. The van der Waals surface area contributed by atoms with E-state index < -0.39 is 5.82 Å². The third kappa shape index (κ3) is 2.41. The van der Waals surface area contributed by atoms with E-state index in [2.05, 4.69) is 4.98 Å². The maximum atomic E-state index is 14.4. The Morgan fingerprint density at radius 2 is 1.80 bits per heavy atom. The molecule has 0 fully saturated rings. The van der Waals surface area contributed by atoms with E-state index >= 15 is 0 Å². The number of aromatic hydroxyl groups is 2. The van der Waals surface area contributed by atoms with E-state index in [9.17, 15) is 14.6 Å². The van der Waals surface area contributed by atoms with Gasteiger partial charge in [-0.2, -0.15) is 0 Å². The maximum absolute atomic E-state index is 14.4. The molecule has 124 valence electrons. The van der Waals surface area contributed by atoms with Crippen LogP contribution in [0.25, 0.3) is 28.2 Å². The Bertz CT molecular complexity index is 1080. The first-order valence-electron chi connectivity index (χ1n) is 7.81. The molecule has 4 aromatic rings. The molecule has 5 heteroatoms. The van der Waals surface area contributed by atoms with Crippen LogP contribution in [0.1, 0.15) is 5.56 Å². The SMILES string of the molecule is Cc1ccc(O)c(-c2nc(-c3c(O)cccc3F)n3ccccc23)c1. The monoisotopic (exact) mass is 334 g/mol. The predicted octanol–water partition coefficient (Wildman–Crippen LogP) is 4.53. The van der Waals surface area contributed by atoms with E-state index in [0.29, 0.717) is 16.8 Å². The highest BCUT2D eigenvalue weighted by Gasteiger charge is 2.20. The standard InChI is InChI=1S/C20H15FN2O2/c1-12-8-9-16(24)13(11-12)19-15-6-2-3-10-23(15)20(22-19)18-14(21)5-4-7-17(18)25/h2-11,24-25H,1H3. The minimum atomic E-state index is -0.559. The van der Waals surface area contributed by atoms with Crippen LogP contribution in [-0.4, -0.2) is 19.6 Å². The van der Waals surface area contributed by atoms with Crippen molar-refractivity contribution in [2.24, 2.45) is 0 Å². The Labute approximate surface area is 143 Å². The Morgan fingerprint density at radius 3 is 2.60 bits per heavy atom. The number of nitrogens with zero attached hydrogens (tertiary/aromatic N) is 2. The zero-order valence-electron chi connectivity index (χ0n) is 13.4. The molecule has 2 aromatic carbocycles. The van der Waals surface area contributed by atoms with Gasteiger partial charge < -0.3 is 10.2 Å². The second kappa shape index (κ2) is 5.63. The third-order valence-corrected chi connectivity index (χ3v) is 4.17. The van der Waals surface area contributed by atoms with E-state index in [-0.39, 0.29) is 22.9 Å². The lowest BCUT2D eigenvalue weighted by Crippen LogP contribution is -1.92. The fraction of sp³-hybridized carbons (Fsp3) is 0.0500. The summed E-state index contributed by atoms with van der Waals surface area (Å²) in [5.74, 6) is -0.368. The first-order valence-corrected chi connectivity index (χ1v) is 7.81. The zero-order valence-corrected chi connectivity index (χ0v) is 13.4. The molecule has 0 saturated heterocycles. The van der Waals surface area contributed by atoms with Crippen LogP contribution in [0.4, 0.5) is 4.39 Å². The topological polar surface area (TPSA) is 57.8 Å². The molecular formula is C20H15FN2O2. The molecule has 2 heterocycles. The number of fused-ring (bicyclic) bond motifs is 1. The number of aromatic nitrogens is 2.